The zero-order chi connectivity index (χ0) is 21.0. The molecule has 0 heterocycles. The monoisotopic (exact) mass is 402 g/mol. The van der Waals surface area contributed by atoms with Gasteiger partial charge in [0.25, 0.3) is 0 Å². The first-order valence-electron chi connectivity index (χ1n) is 11.9. The van der Waals surface area contributed by atoms with Crippen LogP contribution in [0.1, 0.15) is 75.8 Å². The lowest BCUT2D eigenvalue weighted by atomic mass is 9.78. The molecule has 0 bridgehead atoms. The third-order valence-electron chi connectivity index (χ3n) is 6.19. The standard InChI is InChI=1S/C29H38O/c1-3-5-7-9-24-10-14-26(15-11-24)28-18-20-29(21-19-28)27-16-12-25(13-17-27)23-30-22-8-6-4-2/h6-9,12-13,16-21,24,26H,3-5,10-11,14-15,22-23H2,1-2H3. The van der Waals surface area contributed by atoms with Gasteiger partial charge in [0.1, 0.15) is 0 Å². The highest BCUT2D eigenvalue weighted by Gasteiger charge is 2.20. The third kappa shape index (κ3) is 6.99. The molecular weight excluding hydrogens is 364 g/mol. The van der Waals surface area contributed by atoms with E-state index in [0.29, 0.717) is 13.2 Å². The maximum atomic E-state index is 5.69. The number of hydrogen-bond acceptors (Lipinski definition) is 1. The molecule has 0 amide bonds. The minimum Gasteiger partial charge on any atom is -0.373 e. The van der Waals surface area contributed by atoms with Crippen molar-refractivity contribution in [3.8, 4) is 11.1 Å². The zero-order valence-electron chi connectivity index (χ0n) is 18.9. The highest BCUT2D eigenvalue weighted by atomic mass is 16.5. The van der Waals surface area contributed by atoms with Crippen molar-refractivity contribution in [3.63, 3.8) is 0 Å². The van der Waals surface area contributed by atoms with E-state index in [-0.39, 0.29) is 0 Å². The molecule has 160 valence electrons. The fourth-order valence-corrected chi connectivity index (χ4v) is 4.32. The van der Waals surface area contributed by atoms with E-state index in [1.54, 1.807) is 0 Å². The Balaban J connectivity index is 1.50. The van der Waals surface area contributed by atoms with Gasteiger partial charge in [0.2, 0.25) is 0 Å². The summed E-state index contributed by atoms with van der Waals surface area (Å²) < 4.78 is 5.69. The van der Waals surface area contributed by atoms with E-state index >= 15 is 0 Å². The van der Waals surface area contributed by atoms with Crippen LogP contribution in [-0.4, -0.2) is 6.61 Å². The van der Waals surface area contributed by atoms with Gasteiger partial charge in [0, 0.05) is 0 Å². The molecule has 1 saturated carbocycles. The van der Waals surface area contributed by atoms with Crippen molar-refractivity contribution in [1.29, 1.82) is 0 Å². The Morgan fingerprint density at radius 1 is 0.800 bits per heavy atom. The second kappa shape index (κ2) is 12.5. The number of rotatable bonds is 10. The SMILES string of the molecule is CCC=CCOCc1ccc(-c2ccc(C3CCC(C=CCCC)CC3)cc2)cc1. The Morgan fingerprint density at radius 2 is 1.47 bits per heavy atom. The van der Waals surface area contributed by atoms with Crippen LogP contribution in [-0.2, 0) is 11.3 Å². The van der Waals surface area contributed by atoms with E-state index in [1.165, 1.54) is 60.8 Å². The molecular formula is C29H38O. The van der Waals surface area contributed by atoms with Gasteiger partial charge in [-0.15, -0.1) is 0 Å². The molecule has 1 fully saturated rings. The predicted octanol–water partition coefficient (Wildman–Crippen LogP) is 8.47. The molecule has 30 heavy (non-hydrogen) atoms. The van der Waals surface area contributed by atoms with Crippen molar-refractivity contribution in [2.24, 2.45) is 5.92 Å². The second-order valence-corrected chi connectivity index (χ2v) is 8.54. The van der Waals surface area contributed by atoms with Gasteiger partial charge in [0.15, 0.2) is 0 Å². The molecule has 0 aliphatic heterocycles. The topological polar surface area (TPSA) is 9.23 Å². The molecule has 1 heteroatoms. The van der Waals surface area contributed by atoms with Gasteiger partial charge < -0.3 is 4.74 Å². The maximum Gasteiger partial charge on any atom is 0.0721 e. The van der Waals surface area contributed by atoms with Gasteiger partial charge in [0.05, 0.1) is 13.2 Å². The molecule has 3 rings (SSSR count). The minimum atomic E-state index is 0.670. The van der Waals surface area contributed by atoms with Crippen molar-refractivity contribution in [3.05, 3.63) is 84.0 Å². The first kappa shape index (κ1) is 22.6. The summed E-state index contributed by atoms with van der Waals surface area (Å²) in [6, 6.07) is 18.1. The zero-order valence-corrected chi connectivity index (χ0v) is 18.9. The van der Waals surface area contributed by atoms with Crippen molar-refractivity contribution in [1.82, 2.24) is 0 Å². The van der Waals surface area contributed by atoms with Crippen LogP contribution in [0.15, 0.2) is 72.8 Å². The van der Waals surface area contributed by atoms with Gasteiger partial charge in [-0.05, 0) is 72.6 Å². The van der Waals surface area contributed by atoms with Crippen molar-refractivity contribution in [2.75, 3.05) is 6.61 Å². The molecule has 0 radical (unpaired) electrons. The summed E-state index contributed by atoms with van der Waals surface area (Å²) in [5.74, 6) is 1.54. The average molecular weight is 403 g/mol. The van der Waals surface area contributed by atoms with Crippen LogP contribution in [0.25, 0.3) is 11.1 Å². The van der Waals surface area contributed by atoms with Crippen LogP contribution in [0, 0.1) is 5.92 Å². The van der Waals surface area contributed by atoms with Crippen molar-refractivity contribution >= 4 is 0 Å². The van der Waals surface area contributed by atoms with Gasteiger partial charge in [-0.1, -0.05) is 93.1 Å². The van der Waals surface area contributed by atoms with Crippen molar-refractivity contribution < 1.29 is 4.74 Å². The minimum absolute atomic E-state index is 0.670. The van der Waals surface area contributed by atoms with Crippen LogP contribution in [0.4, 0.5) is 0 Å². The van der Waals surface area contributed by atoms with E-state index in [9.17, 15) is 0 Å². The largest absolute Gasteiger partial charge is 0.373 e. The van der Waals surface area contributed by atoms with E-state index in [1.807, 2.05) is 0 Å². The van der Waals surface area contributed by atoms with Crippen LogP contribution < -0.4 is 0 Å². The Labute approximate surface area is 183 Å². The molecule has 0 unspecified atom stereocenters. The highest BCUT2D eigenvalue weighted by molar-refractivity contribution is 5.64. The Kier molecular flexibility index (Phi) is 9.44. The summed E-state index contributed by atoms with van der Waals surface area (Å²) >= 11 is 0. The van der Waals surface area contributed by atoms with E-state index in [4.69, 9.17) is 4.74 Å². The summed E-state index contributed by atoms with van der Waals surface area (Å²) in [5.41, 5.74) is 5.32. The lowest BCUT2D eigenvalue weighted by Gasteiger charge is -2.27. The molecule has 0 N–H and O–H groups in total. The van der Waals surface area contributed by atoms with E-state index in [2.05, 4.69) is 86.7 Å². The Bertz CT molecular complexity index is 774. The normalized spacial score (nSPS) is 19.7. The first-order chi connectivity index (χ1) is 14.8. The number of ether oxygens (including phenoxy) is 1. The summed E-state index contributed by atoms with van der Waals surface area (Å²) in [6.45, 7) is 5.75. The maximum absolute atomic E-state index is 5.69. The predicted molar refractivity (Wildman–Crippen MR) is 130 cm³/mol. The molecule has 2 aromatic carbocycles. The number of unbranched alkanes of at least 4 members (excludes halogenated alkanes) is 1. The van der Waals surface area contributed by atoms with Crippen molar-refractivity contribution in [2.45, 2.75) is 71.3 Å². The summed E-state index contributed by atoms with van der Waals surface area (Å²) in [7, 11) is 0. The van der Waals surface area contributed by atoms with Crippen LogP contribution in [0.2, 0.25) is 0 Å². The third-order valence-corrected chi connectivity index (χ3v) is 6.19. The molecule has 0 saturated heterocycles. The summed E-state index contributed by atoms with van der Waals surface area (Å²) in [6.07, 6.45) is 18.0. The summed E-state index contributed by atoms with van der Waals surface area (Å²) in [5, 5.41) is 0. The first-order valence-corrected chi connectivity index (χ1v) is 11.9. The van der Waals surface area contributed by atoms with Gasteiger partial charge in [-0.3, -0.25) is 0 Å². The number of hydrogen-bond donors (Lipinski definition) is 0. The second-order valence-electron chi connectivity index (χ2n) is 8.54. The molecule has 1 aliphatic carbocycles. The van der Waals surface area contributed by atoms with E-state index in [0.717, 1.165) is 18.3 Å². The van der Waals surface area contributed by atoms with Gasteiger partial charge in [-0.2, -0.15) is 0 Å². The number of benzene rings is 2. The molecule has 1 nitrogen and oxygen atoms in total. The van der Waals surface area contributed by atoms with Gasteiger partial charge in [-0.25, -0.2) is 0 Å². The molecule has 0 atom stereocenters. The quantitative estimate of drug-likeness (QED) is 0.286. The van der Waals surface area contributed by atoms with Crippen LogP contribution in [0.3, 0.4) is 0 Å². The van der Waals surface area contributed by atoms with E-state index < -0.39 is 0 Å². The lowest BCUT2D eigenvalue weighted by Crippen LogP contribution is -2.11. The number of allylic oxidation sites excluding steroid dienone is 3. The molecule has 2 aromatic rings. The van der Waals surface area contributed by atoms with Crippen LogP contribution in [0.5, 0.6) is 0 Å². The highest BCUT2D eigenvalue weighted by Crippen LogP contribution is 2.37. The fraction of sp³-hybridized carbons (Fsp3) is 0.448. The smallest absolute Gasteiger partial charge is 0.0721 e. The average Bonchev–Trinajstić information content (AvgIpc) is 2.80. The molecule has 0 spiro atoms. The van der Waals surface area contributed by atoms with Gasteiger partial charge >= 0.3 is 0 Å². The Morgan fingerprint density at radius 3 is 2.10 bits per heavy atom. The van der Waals surface area contributed by atoms with Crippen LogP contribution >= 0.6 is 0 Å². The summed E-state index contributed by atoms with van der Waals surface area (Å²) in [4.78, 5) is 0. The molecule has 1 aliphatic rings. The fourth-order valence-electron chi connectivity index (χ4n) is 4.32. The molecule has 0 aromatic heterocycles. The Hall–Kier alpha value is -2.12. The lowest BCUT2D eigenvalue weighted by molar-refractivity contribution is 0.148.